The number of carboxylic acid groups (broad SMARTS) is 1. The zero-order chi connectivity index (χ0) is 14.9. The van der Waals surface area contributed by atoms with Crippen molar-refractivity contribution < 1.29 is 9.90 Å². The highest BCUT2D eigenvalue weighted by Crippen LogP contribution is 2.28. The Hall–Kier alpha value is -1.62. The standard InChI is InChI=1S/C15H17BrN2O2/c1-10-17-6-7-18(10)13-5-4-11(8-12(13)16)9-15(2,3)14(19)20/h4-8H,9H2,1-3H3,(H,19,20). The van der Waals surface area contributed by atoms with Gasteiger partial charge in [-0.05, 0) is 60.8 Å². The fourth-order valence-electron chi connectivity index (χ4n) is 2.07. The van der Waals surface area contributed by atoms with Crippen molar-refractivity contribution in [3.63, 3.8) is 0 Å². The molecule has 5 heteroatoms. The zero-order valence-corrected chi connectivity index (χ0v) is 13.3. The molecule has 1 N–H and O–H groups in total. The first kappa shape index (κ1) is 14.8. The van der Waals surface area contributed by atoms with Crippen LogP contribution in [0.25, 0.3) is 5.69 Å². The number of halogens is 1. The summed E-state index contributed by atoms with van der Waals surface area (Å²) in [7, 11) is 0. The SMILES string of the molecule is Cc1nccn1-c1ccc(CC(C)(C)C(=O)O)cc1Br. The van der Waals surface area contributed by atoms with E-state index < -0.39 is 11.4 Å². The molecule has 0 radical (unpaired) electrons. The predicted molar refractivity (Wildman–Crippen MR) is 81.1 cm³/mol. The number of imidazole rings is 1. The van der Waals surface area contributed by atoms with Gasteiger partial charge in [0.05, 0.1) is 11.1 Å². The average Bonchev–Trinajstić information content (AvgIpc) is 2.75. The van der Waals surface area contributed by atoms with E-state index in [4.69, 9.17) is 0 Å². The molecule has 0 spiro atoms. The summed E-state index contributed by atoms with van der Waals surface area (Å²) in [5, 5.41) is 9.19. The molecule has 20 heavy (non-hydrogen) atoms. The molecule has 0 amide bonds. The minimum atomic E-state index is -0.789. The predicted octanol–water partition coefficient (Wildman–Crippen LogP) is 3.60. The summed E-state index contributed by atoms with van der Waals surface area (Å²) in [5.74, 6) is 0.118. The number of aromatic nitrogens is 2. The maximum Gasteiger partial charge on any atom is 0.309 e. The first-order valence-corrected chi connectivity index (χ1v) is 7.13. The summed E-state index contributed by atoms with van der Waals surface area (Å²) in [6.45, 7) is 5.40. The quantitative estimate of drug-likeness (QED) is 0.927. The van der Waals surface area contributed by atoms with Crippen LogP contribution in [-0.4, -0.2) is 20.6 Å². The van der Waals surface area contributed by atoms with Gasteiger partial charge in [-0.15, -0.1) is 0 Å². The molecule has 0 atom stereocenters. The smallest absolute Gasteiger partial charge is 0.309 e. The van der Waals surface area contributed by atoms with Gasteiger partial charge in [0.1, 0.15) is 5.82 Å². The normalized spacial score (nSPS) is 11.6. The van der Waals surface area contributed by atoms with E-state index in [1.807, 2.05) is 35.9 Å². The number of nitrogens with zero attached hydrogens (tertiary/aromatic N) is 2. The summed E-state index contributed by atoms with van der Waals surface area (Å²) in [4.78, 5) is 15.4. The number of hydrogen-bond donors (Lipinski definition) is 1. The molecule has 2 aromatic rings. The fraction of sp³-hybridized carbons (Fsp3) is 0.333. The Morgan fingerprint density at radius 2 is 2.15 bits per heavy atom. The van der Waals surface area contributed by atoms with Crippen LogP contribution >= 0.6 is 15.9 Å². The minimum Gasteiger partial charge on any atom is -0.481 e. The van der Waals surface area contributed by atoms with Gasteiger partial charge in [0.2, 0.25) is 0 Å². The van der Waals surface area contributed by atoms with Crippen LogP contribution in [0, 0.1) is 12.3 Å². The monoisotopic (exact) mass is 336 g/mol. The molecule has 0 unspecified atom stereocenters. The van der Waals surface area contributed by atoms with Crippen LogP contribution < -0.4 is 0 Å². The maximum atomic E-state index is 11.2. The van der Waals surface area contributed by atoms with E-state index in [1.54, 1.807) is 20.0 Å². The van der Waals surface area contributed by atoms with Crippen molar-refractivity contribution in [1.82, 2.24) is 9.55 Å². The Morgan fingerprint density at radius 1 is 1.45 bits per heavy atom. The topological polar surface area (TPSA) is 55.1 Å². The Labute approximate surface area is 126 Å². The second-order valence-corrected chi connectivity index (χ2v) is 6.35. The number of carbonyl (C=O) groups is 1. The molecule has 0 saturated heterocycles. The van der Waals surface area contributed by atoms with Crippen molar-refractivity contribution in [3.05, 3.63) is 46.5 Å². The van der Waals surface area contributed by atoms with E-state index in [0.29, 0.717) is 6.42 Å². The van der Waals surface area contributed by atoms with Crippen LogP contribution in [-0.2, 0) is 11.2 Å². The third-order valence-corrected chi connectivity index (χ3v) is 3.96. The van der Waals surface area contributed by atoms with Gasteiger partial charge in [-0.2, -0.15) is 0 Å². The molecule has 0 fully saturated rings. The van der Waals surface area contributed by atoms with Crippen LogP contribution in [0.4, 0.5) is 0 Å². The molecule has 0 aliphatic rings. The number of benzene rings is 1. The van der Waals surface area contributed by atoms with Gasteiger partial charge >= 0.3 is 5.97 Å². The number of aryl methyl sites for hydroxylation is 1. The van der Waals surface area contributed by atoms with Crippen LogP contribution in [0.3, 0.4) is 0 Å². The van der Waals surface area contributed by atoms with Crippen LogP contribution in [0.5, 0.6) is 0 Å². The summed E-state index contributed by atoms with van der Waals surface area (Å²) in [5.41, 5.74) is 1.22. The molecule has 1 heterocycles. The first-order valence-electron chi connectivity index (χ1n) is 6.33. The Kier molecular flexibility index (Phi) is 3.99. The second-order valence-electron chi connectivity index (χ2n) is 5.50. The van der Waals surface area contributed by atoms with Crippen molar-refractivity contribution in [1.29, 1.82) is 0 Å². The molecule has 1 aromatic heterocycles. The third-order valence-electron chi connectivity index (χ3n) is 3.32. The van der Waals surface area contributed by atoms with Gasteiger partial charge in [-0.1, -0.05) is 6.07 Å². The lowest BCUT2D eigenvalue weighted by atomic mass is 9.86. The minimum absolute atomic E-state index is 0.490. The molecule has 0 aliphatic heterocycles. The second kappa shape index (κ2) is 5.40. The highest BCUT2D eigenvalue weighted by atomic mass is 79.9. The molecule has 1 aromatic carbocycles. The summed E-state index contributed by atoms with van der Waals surface area (Å²) in [6.07, 6.45) is 4.14. The average molecular weight is 337 g/mol. The van der Waals surface area contributed by atoms with Crippen LogP contribution in [0.2, 0.25) is 0 Å². The lowest BCUT2D eigenvalue weighted by Crippen LogP contribution is -2.26. The van der Waals surface area contributed by atoms with Crippen LogP contribution in [0.1, 0.15) is 25.2 Å². The van der Waals surface area contributed by atoms with Crippen molar-refractivity contribution in [2.45, 2.75) is 27.2 Å². The van der Waals surface area contributed by atoms with E-state index in [-0.39, 0.29) is 0 Å². The zero-order valence-electron chi connectivity index (χ0n) is 11.7. The molecular formula is C15H17BrN2O2. The summed E-state index contributed by atoms with van der Waals surface area (Å²) >= 11 is 3.55. The number of hydrogen-bond acceptors (Lipinski definition) is 2. The van der Waals surface area contributed by atoms with Crippen molar-refractivity contribution in [3.8, 4) is 5.69 Å². The fourth-order valence-corrected chi connectivity index (χ4v) is 2.69. The maximum absolute atomic E-state index is 11.2. The molecule has 0 bridgehead atoms. The lowest BCUT2D eigenvalue weighted by molar-refractivity contribution is -0.146. The van der Waals surface area contributed by atoms with E-state index in [0.717, 1.165) is 21.5 Å². The number of rotatable bonds is 4. The van der Waals surface area contributed by atoms with E-state index >= 15 is 0 Å². The van der Waals surface area contributed by atoms with Crippen molar-refractivity contribution in [2.24, 2.45) is 5.41 Å². The molecule has 0 saturated carbocycles. The Balaban J connectivity index is 2.32. The largest absolute Gasteiger partial charge is 0.481 e. The van der Waals surface area contributed by atoms with Crippen molar-refractivity contribution in [2.75, 3.05) is 0 Å². The lowest BCUT2D eigenvalue weighted by Gasteiger charge is -2.19. The molecule has 2 rings (SSSR count). The van der Waals surface area contributed by atoms with Gasteiger partial charge in [0.15, 0.2) is 0 Å². The molecule has 4 nitrogen and oxygen atoms in total. The summed E-state index contributed by atoms with van der Waals surface area (Å²) < 4.78 is 2.91. The van der Waals surface area contributed by atoms with Gasteiger partial charge in [0, 0.05) is 16.9 Å². The molecule has 0 aliphatic carbocycles. The molecule has 106 valence electrons. The van der Waals surface area contributed by atoms with E-state index in [9.17, 15) is 9.90 Å². The third kappa shape index (κ3) is 2.93. The van der Waals surface area contributed by atoms with E-state index in [2.05, 4.69) is 20.9 Å². The Morgan fingerprint density at radius 3 is 2.65 bits per heavy atom. The first-order chi connectivity index (χ1) is 9.31. The van der Waals surface area contributed by atoms with Crippen LogP contribution in [0.15, 0.2) is 35.1 Å². The number of aliphatic carboxylic acids is 1. The van der Waals surface area contributed by atoms with Crippen molar-refractivity contribution >= 4 is 21.9 Å². The van der Waals surface area contributed by atoms with Gasteiger partial charge in [0.25, 0.3) is 0 Å². The number of carboxylic acids is 1. The summed E-state index contributed by atoms with van der Waals surface area (Å²) in [6, 6.07) is 5.91. The Bertz CT molecular complexity index is 647. The molecular weight excluding hydrogens is 320 g/mol. The van der Waals surface area contributed by atoms with Gasteiger partial charge in [-0.3, -0.25) is 4.79 Å². The van der Waals surface area contributed by atoms with E-state index in [1.165, 1.54) is 0 Å². The van der Waals surface area contributed by atoms with Gasteiger partial charge in [-0.25, -0.2) is 4.98 Å². The highest BCUT2D eigenvalue weighted by Gasteiger charge is 2.27. The van der Waals surface area contributed by atoms with Gasteiger partial charge < -0.3 is 9.67 Å². The highest BCUT2D eigenvalue weighted by molar-refractivity contribution is 9.10.